The van der Waals surface area contributed by atoms with Crippen LogP contribution in [0, 0.1) is 0 Å². The van der Waals surface area contributed by atoms with Gasteiger partial charge in [0.15, 0.2) is 0 Å². The van der Waals surface area contributed by atoms with Crippen molar-refractivity contribution in [3.8, 4) is 0 Å². The van der Waals surface area contributed by atoms with Gasteiger partial charge in [0.1, 0.15) is 0 Å². The lowest BCUT2D eigenvalue weighted by atomic mass is 10.2. The molecule has 0 amide bonds. The van der Waals surface area contributed by atoms with Crippen LogP contribution in [0.25, 0.3) is 0 Å². The monoisotopic (exact) mass is 570 g/mol. The normalized spacial score (nSPS) is 12.7. The molecule has 5 nitrogen and oxygen atoms in total. The van der Waals surface area contributed by atoms with Gasteiger partial charge in [-0.2, -0.15) is 17.2 Å². The molecule has 3 aromatic rings. The molecule has 0 aliphatic rings. The molecule has 0 aromatic heterocycles. The standard InChI is InChI=1S/C27H29ClF2O5S2/c28-21-13-2-1-3-14-22-34-26(31)27(29,30)37(32,33)35-36(23-15-7-4-8-16-23,24-17-9-5-10-18-24)25-19-11-6-12-20-25/h4-12,15-20H,1-3,13-14,21-22H2. The summed E-state index contributed by atoms with van der Waals surface area (Å²) in [5, 5.41) is -4.91. The second-order valence-electron chi connectivity index (χ2n) is 8.13. The van der Waals surface area contributed by atoms with Gasteiger partial charge >= 0.3 is 21.3 Å². The van der Waals surface area contributed by atoms with Crippen LogP contribution in [-0.2, 0) is 23.3 Å². The molecule has 0 bridgehead atoms. The van der Waals surface area contributed by atoms with E-state index in [4.69, 9.17) is 15.2 Å². The minimum absolute atomic E-state index is 0.321. The Morgan fingerprint density at radius 1 is 0.703 bits per heavy atom. The van der Waals surface area contributed by atoms with Gasteiger partial charge in [-0.05, 0) is 59.5 Å². The predicted molar refractivity (Wildman–Crippen MR) is 141 cm³/mol. The third kappa shape index (κ3) is 6.90. The Bertz CT molecular complexity index is 1130. The van der Waals surface area contributed by atoms with Crippen molar-refractivity contribution in [1.82, 2.24) is 0 Å². The lowest BCUT2D eigenvalue weighted by Crippen LogP contribution is -2.41. The smallest absolute Gasteiger partial charge is 0.460 e. The first-order valence-corrected chi connectivity index (χ1v) is 15.3. The number of ether oxygens (including phenoxy) is 1. The van der Waals surface area contributed by atoms with E-state index >= 15 is 8.78 Å². The Morgan fingerprint density at radius 2 is 1.11 bits per heavy atom. The van der Waals surface area contributed by atoms with E-state index in [9.17, 15) is 13.2 Å². The molecule has 0 aliphatic heterocycles. The van der Waals surface area contributed by atoms with Crippen molar-refractivity contribution in [2.75, 3.05) is 12.5 Å². The fourth-order valence-corrected chi connectivity index (χ4v) is 8.87. The number of carbonyl (C=O) groups is 1. The quantitative estimate of drug-likeness (QED) is 0.114. The van der Waals surface area contributed by atoms with E-state index in [2.05, 4.69) is 4.74 Å². The van der Waals surface area contributed by atoms with Gasteiger partial charge in [-0.15, -0.1) is 11.6 Å². The number of esters is 1. The largest absolute Gasteiger partial charge is 0.466 e. The summed E-state index contributed by atoms with van der Waals surface area (Å²) in [6.07, 6.45) is 3.49. The van der Waals surface area contributed by atoms with Crippen LogP contribution in [0.1, 0.15) is 32.1 Å². The maximum atomic E-state index is 15.2. The molecule has 0 spiro atoms. The highest BCUT2D eigenvalue weighted by Crippen LogP contribution is 2.70. The molecule has 0 radical (unpaired) electrons. The summed E-state index contributed by atoms with van der Waals surface area (Å²) < 4.78 is 66.9. The number of hydrogen-bond acceptors (Lipinski definition) is 5. The van der Waals surface area contributed by atoms with Crippen molar-refractivity contribution in [2.45, 2.75) is 52.0 Å². The number of halogens is 3. The second-order valence-corrected chi connectivity index (χ2v) is 13.0. The Kier molecular flexibility index (Phi) is 10.5. The third-order valence-electron chi connectivity index (χ3n) is 5.48. The van der Waals surface area contributed by atoms with E-state index in [1.165, 1.54) is 0 Å². The van der Waals surface area contributed by atoms with Crippen LogP contribution < -0.4 is 0 Å². The van der Waals surface area contributed by atoms with Crippen molar-refractivity contribution in [3.63, 3.8) is 0 Å². The Balaban J connectivity index is 1.95. The van der Waals surface area contributed by atoms with Crippen LogP contribution >= 0.6 is 21.9 Å². The Morgan fingerprint density at radius 3 is 1.54 bits per heavy atom. The molecule has 10 heteroatoms. The number of rotatable bonds is 14. The lowest BCUT2D eigenvalue weighted by Gasteiger charge is -2.39. The summed E-state index contributed by atoms with van der Waals surface area (Å²) in [6.45, 7) is -0.321. The number of alkyl halides is 3. The van der Waals surface area contributed by atoms with Crippen LogP contribution in [0.3, 0.4) is 0 Å². The van der Waals surface area contributed by atoms with Crippen molar-refractivity contribution in [3.05, 3.63) is 91.0 Å². The van der Waals surface area contributed by atoms with Gasteiger partial charge in [0.2, 0.25) is 0 Å². The van der Waals surface area contributed by atoms with E-state index in [0.717, 1.165) is 19.3 Å². The highest BCUT2D eigenvalue weighted by atomic mass is 35.5. The molecule has 0 saturated carbocycles. The molecular formula is C27H29ClF2O5S2. The zero-order valence-electron chi connectivity index (χ0n) is 20.1. The summed E-state index contributed by atoms with van der Waals surface area (Å²) in [4.78, 5) is 13.4. The summed E-state index contributed by atoms with van der Waals surface area (Å²) >= 11 is 5.62. The molecule has 0 aliphatic carbocycles. The molecule has 37 heavy (non-hydrogen) atoms. The third-order valence-corrected chi connectivity index (χ3v) is 10.9. The lowest BCUT2D eigenvalue weighted by molar-refractivity contribution is -0.161. The van der Waals surface area contributed by atoms with Crippen molar-refractivity contribution >= 4 is 38.0 Å². The SMILES string of the molecule is O=C(OCCCCCCCCl)C(F)(F)S(=O)(=O)OS(c1ccccc1)(c1ccccc1)c1ccccc1. The summed E-state index contributed by atoms with van der Waals surface area (Å²) in [5.74, 6) is -1.62. The average molecular weight is 571 g/mol. The van der Waals surface area contributed by atoms with Gasteiger partial charge in [-0.3, -0.25) is 0 Å². The fraction of sp³-hybridized carbons (Fsp3) is 0.296. The molecule has 0 fully saturated rings. The minimum atomic E-state index is -5.80. The maximum absolute atomic E-state index is 15.2. The zero-order chi connectivity index (χ0) is 26.8. The van der Waals surface area contributed by atoms with E-state index in [-0.39, 0.29) is 6.61 Å². The molecule has 0 saturated heterocycles. The van der Waals surface area contributed by atoms with Crippen LogP contribution in [0.15, 0.2) is 106 Å². The molecular weight excluding hydrogens is 542 g/mol. The number of unbranched alkanes of at least 4 members (excludes halogenated alkanes) is 4. The van der Waals surface area contributed by atoms with E-state index < -0.39 is 31.7 Å². The van der Waals surface area contributed by atoms with Gasteiger partial charge in [0.05, 0.1) is 6.61 Å². The first-order valence-electron chi connectivity index (χ1n) is 11.8. The van der Waals surface area contributed by atoms with Crippen LogP contribution in [0.5, 0.6) is 0 Å². The summed E-state index contributed by atoms with van der Waals surface area (Å²) in [6, 6.07) is 24.9. The van der Waals surface area contributed by atoms with Crippen LogP contribution in [-0.4, -0.2) is 32.1 Å². The molecule has 0 N–H and O–H groups in total. The number of hydrogen-bond donors (Lipinski definition) is 0. The highest BCUT2D eigenvalue weighted by Gasteiger charge is 2.58. The summed E-state index contributed by atoms with van der Waals surface area (Å²) in [5.41, 5.74) is 0. The van der Waals surface area contributed by atoms with E-state index in [0.29, 0.717) is 33.4 Å². The summed E-state index contributed by atoms with van der Waals surface area (Å²) in [7, 11) is -9.03. The van der Waals surface area contributed by atoms with Gasteiger partial charge in [0, 0.05) is 20.6 Å². The maximum Gasteiger partial charge on any atom is 0.466 e. The highest BCUT2D eigenvalue weighted by molar-refractivity contribution is 8.33. The van der Waals surface area contributed by atoms with Gasteiger partial charge in [-0.25, -0.2) is 8.42 Å². The van der Waals surface area contributed by atoms with E-state index in [1.807, 2.05) is 0 Å². The molecule has 200 valence electrons. The molecule has 3 aromatic carbocycles. The molecule has 0 unspecified atom stereocenters. The average Bonchev–Trinajstić information content (AvgIpc) is 2.92. The van der Waals surface area contributed by atoms with Crippen molar-refractivity contribution < 1.29 is 30.4 Å². The minimum Gasteiger partial charge on any atom is -0.460 e. The van der Waals surface area contributed by atoms with Gasteiger partial charge in [0.25, 0.3) is 0 Å². The zero-order valence-corrected chi connectivity index (χ0v) is 22.5. The number of benzene rings is 3. The Hall–Kier alpha value is -2.46. The molecule has 0 atom stereocenters. The second kappa shape index (κ2) is 13.4. The fourth-order valence-electron chi connectivity index (χ4n) is 3.62. The topological polar surface area (TPSA) is 69.7 Å². The van der Waals surface area contributed by atoms with Gasteiger partial charge < -0.3 is 4.74 Å². The molecule has 3 rings (SSSR count). The van der Waals surface area contributed by atoms with Crippen LogP contribution in [0.4, 0.5) is 8.78 Å². The first-order chi connectivity index (χ1) is 17.8. The first kappa shape index (κ1) is 29.1. The van der Waals surface area contributed by atoms with Crippen molar-refractivity contribution in [2.24, 2.45) is 0 Å². The van der Waals surface area contributed by atoms with Gasteiger partial charge in [-0.1, -0.05) is 73.9 Å². The number of carbonyl (C=O) groups excluding carboxylic acids is 1. The predicted octanol–water partition coefficient (Wildman–Crippen LogP) is 7.56. The van der Waals surface area contributed by atoms with Crippen molar-refractivity contribution in [1.29, 1.82) is 0 Å². The Labute approximate surface area is 223 Å². The van der Waals surface area contributed by atoms with Crippen LogP contribution in [0.2, 0.25) is 0 Å². The van der Waals surface area contributed by atoms with E-state index in [1.54, 1.807) is 91.0 Å². The molecule has 0 heterocycles.